The van der Waals surface area contributed by atoms with E-state index in [9.17, 15) is 4.79 Å². The van der Waals surface area contributed by atoms with Crippen LogP contribution in [-0.4, -0.2) is 17.6 Å². The van der Waals surface area contributed by atoms with Gasteiger partial charge in [-0.2, -0.15) is 0 Å². The van der Waals surface area contributed by atoms with Crippen LogP contribution in [0.25, 0.3) is 0 Å². The molecule has 0 aliphatic carbocycles. The number of aryl methyl sites for hydroxylation is 1. The molecule has 1 aromatic heterocycles. The molecule has 2 rings (SSSR count). The molecule has 1 heterocycles. The maximum absolute atomic E-state index is 12.2. The van der Waals surface area contributed by atoms with E-state index in [1.165, 1.54) is 16.2 Å². The molecule has 0 radical (unpaired) electrons. The van der Waals surface area contributed by atoms with E-state index in [1.54, 1.807) is 6.07 Å². The van der Waals surface area contributed by atoms with Gasteiger partial charge in [-0.3, -0.25) is 4.79 Å². The molecule has 20 heavy (non-hydrogen) atoms. The molecule has 2 N–H and O–H groups in total. The maximum Gasteiger partial charge on any atom is 0.265 e. The predicted octanol–water partition coefficient (Wildman–Crippen LogP) is 2.91. The van der Waals surface area contributed by atoms with Crippen molar-refractivity contribution in [2.75, 3.05) is 11.9 Å². The summed E-state index contributed by atoms with van der Waals surface area (Å²) in [6.45, 7) is 1.86. The maximum atomic E-state index is 12.2. The average Bonchev–Trinajstić information content (AvgIpc) is 2.95. The fourth-order valence-electron chi connectivity index (χ4n) is 1.71. The number of nitrogens with one attached hydrogen (secondary N) is 1. The van der Waals surface area contributed by atoms with Crippen LogP contribution in [-0.2, 0) is 6.42 Å². The summed E-state index contributed by atoms with van der Waals surface area (Å²) < 4.78 is 0. The van der Waals surface area contributed by atoms with Crippen LogP contribution in [0, 0.1) is 11.8 Å². The van der Waals surface area contributed by atoms with E-state index in [0.29, 0.717) is 16.1 Å². The molecule has 0 fully saturated rings. The SMILES string of the molecule is CCc1ccc(C(=O)Nc2ccccc2C#CCO)s1. The van der Waals surface area contributed by atoms with Gasteiger partial charge in [-0.25, -0.2) is 0 Å². The Morgan fingerprint density at radius 3 is 2.80 bits per heavy atom. The van der Waals surface area contributed by atoms with Gasteiger partial charge in [-0.05, 0) is 30.7 Å². The molecule has 0 aliphatic rings. The number of aliphatic hydroxyl groups is 1. The van der Waals surface area contributed by atoms with Crippen LogP contribution < -0.4 is 5.32 Å². The van der Waals surface area contributed by atoms with Gasteiger partial charge in [-0.1, -0.05) is 30.9 Å². The number of carbonyl (C=O) groups excluding carboxylic acids is 1. The number of thiophene rings is 1. The van der Waals surface area contributed by atoms with Crippen molar-refractivity contribution in [3.63, 3.8) is 0 Å². The first-order valence-electron chi connectivity index (χ1n) is 6.33. The highest BCUT2D eigenvalue weighted by atomic mass is 32.1. The Labute approximate surface area is 122 Å². The number of aliphatic hydroxyl groups excluding tert-OH is 1. The summed E-state index contributed by atoms with van der Waals surface area (Å²) in [6.07, 6.45) is 0.927. The molecule has 1 aromatic carbocycles. The summed E-state index contributed by atoms with van der Waals surface area (Å²) >= 11 is 1.50. The van der Waals surface area contributed by atoms with Gasteiger partial charge in [0.2, 0.25) is 0 Å². The van der Waals surface area contributed by atoms with Crippen molar-refractivity contribution in [1.29, 1.82) is 0 Å². The average molecular weight is 285 g/mol. The lowest BCUT2D eigenvalue weighted by Crippen LogP contribution is -2.11. The van der Waals surface area contributed by atoms with Crippen molar-refractivity contribution >= 4 is 22.9 Å². The lowest BCUT2D eigenvalue weighted by molar-refractivity contribution is 0.103. The topological polar surface area (TPSA) is 49.3 Å². The Bertz CT molecular complexity index is 664. The Morgan fingerprint density at radius 2 is 2.10 bits per heavy atom. The second kappa shape index (κ2) is 6.90. The molecule has 3 nitrogen and oxygen atoms in total. The zero-order chi connectivity index (χ0) is 14.4. The Hall–Kier alpha value is -2.09. The van der Waals surface area contributed by atoms with E-state index in [2.05, 4.69) is 24.1 Å². The highest BCUT2D eigenvalue weighted by Gasteiger charge is 2.10. The first kappa shape index (κ1) is 14.3. The van der Waals surface area contributed by atoms with Crippen molar-refractivity contribution in [1.82, 2.24) is 0 Å². The zero-order valence-corrected chi connectivity index (χ0v) is 12.0. The van der Waals surface area contributed by atoms with E-state index in [4.69, 9.17) is 5.11 Å². The number of hydrogen-bond acceptors (Lipinski definition) is 3. The number of anilines is 1. The summed E-state index contributed by atoms with van der Waals surface area (Å²) in [7, 11) is 0. The van der Waals surface area contributed by atoms with Crippen molar-refractivity contribution in [2.24, 2.45) is 0 Å². The lowest BCUT2D eigenvalue weighted by Gasteiger charge is -2.05. The van der Waals surface area contributed by atoms with Crippen LogP contribution in [0.3, 0.4) is 0 Å². The molecule has 0 atom stereocenters. The molecular weight excluding hydrogens is 270 g/mol. The van der Waals surface area contributed by atoms with Crippen LogP contribution in [0.2, 0.25) is 0 Å². The zero-order valence-electron chi connectivity index (χ0n) is 11.1. The van der Waals surface area contributed by atoms with Gasteiger partial charge in [0, 0.05) is 10.4 Å². The van der Waals surface area contributed by atoms with Gasteiger partial charge in [-0.15, -0.1) is 11.3 Å². The molecule has 0 unspecified atom stereocenters. The summed E-state index contributed by atoms with van der Waals surface area (Å²) in [4.78, 5) is 14.0. The van der Waals surface area contributed by atoms with Gasteiger partial charge in [0.05, 0.1) is 10.6 Å². The minimum atomic E-state index is -0.201. The van der Waals surface area contributed by atoms with Crippen LogP contribution in [0.1, 0.15) is 27.0 Å². The summed E-state index contributed by atoms with van der Waals surface area (Å²) in [5.74, 6) is 5.28. The Kier molecular flexibility index (Phi) is 4.94. The number of rotatable bonds is 3. The predicted molar refractivity (Wildman–Crippen MR) is 82.1 cm³/mol. The van der Waals surface area contributed by atoms with Gasteiger partial charge in [0.1, 0.15) is 6.61 Å². The van der Waals surface area contributed by atoms with E-state index < -0.39 is 0 Å². The monoisotopic (exact) mass is 285 g/mol. The van der Waals surface area contributed by atoms with E-state index in [-0.39, 0.29) is 12.5 Å². The normalized spacial score (nSPS) is 9.70. The highest BCUT2D eigenvalue weighted by molar-refractivity contribution is 7.14. The first-order valence-corrected chi connectivity index (χ1v) is 7.15. The van der Waals surface area contributed by atoms with Crippen LogP contribution in [0.4, 0.5) is 5.69 Å². The van der Waals surface area contributed by atoms with Gasteiger partial charge in [0.15, 0.2) is 0 Å². The molecule has 0 saturated carbocycles. The quantitative estimate of drug-likeness (QED) is 0.852. The minimum absolute atomic E-state index is 0.132. The second-order valence-corrected chi connectivity index (χ2v) is 5.25. The van der Waals surface area contributed by atoms with Gasteiger partial charge in [0.25, 0.3) is 5.91 Å². The van der Waals surface area contributed by atoms with Crippen LogP contribution in [0.15, 0.2) is 36.4 Å². The van der Waals surface area contributed by atoms with E-state index in [1.807, 2.05) is 30.3 Å². The smallest absolute Gasteiger partial charge is 0.265 e. The fourth-order valence-corrected chi connectivity index (χ4v) is 2.55. The summed E-state index contributed by atoms with van der Waals surface area (Å²) in [5.41, 5.74) is 1.35. The Balaban J connectivity index is 2.19. The fraction of sp³-hybridized carbons (Fsp3) is 0.188. The minimum Gasteiger partial charge on any atom is -0.384 e. The van der Waals surface area contributed by atoms with Gasteiger partial charge < -0.3 is 10.4 Å². The number of benzene rings is 1. The molecule has 102 valence electrons. The van der Waals surface area contributed by atoms with Crippen molar-refractivity contribution in [2.45, 2.75) is 13.3 Å². The molecule has 4 heteroatoms. The number of para-hydroxylation sites is 1. The third kappa shape index (κ3) is 3.47. The standard InChI is InChI=1S/C16H15NO2S/c1-2-13-9-10-15(20-13)16(19)17-14-8-4-3-6-12(14)7-5-11-18/h3-4,6,8-10,18H,2,11H2,1H3,(H,17,19). The summed E-state index contributed by atoms with van der Waals surface area (Å²) in [6, 6.07) is 11.1. The molecule has 0 bridgehead atoms. The molecule has 0 spiro atoms. The lowest BCUT2D eigenvalue weighted by atomic mass is 10.2. The number of hydrogen-bond donors (Lipinski definition) is 2. The third-order valence-corrected chi connectivity index (χ3v) is 3.94. The van der Waals surface area contributed by atoms with Crippen molar-refractivity contribution in [3.05, 3.63) is 51.7 Å². The Morgan fingerprint density at radius 1 is 1.30 bits per heavy atom. The largest absolute Gasteiger partial charge is 0.384 e. The first-order chi connectivity index (χ1) is 9.74. The van der Waals surface area contributed by atoms with E-state index >= 15 is 0 Å². The van der Waals surface area contributed by atoms with Crippen LogP contribution >= 0.6 is 11.3 Å². The molecule has 1 amide bonds. The van der Waals surface area contributed by atoms with Crippen molar-refractivity contribution < 1.29 is 9.90 Å². The third-order valence-electron chi connectivity index (χ3n) is 2.71. The molecule has 0 aliphatic heterocycles. The highest BCUT2D eigenvalue weighted by Crippen LogP contribution is 2.20. The molecular formula is C16H15NO2S. The number of carbonyl (C=O) groups is 1. The van der Waals surface area contributed by atoms with Crippen molar-refractivity contribution in [3.8, 4) is 11.8 Å². The molecule has 0 saturated heterocycles. The summed E-state index contributed by atoms with van der Waals surface area (Å²) in [5, 5.41) is 11.6. The van der Waals surface area contributed by atoms with Crippen LogP contribution in [0.5, 0.6) is 0 Å². The number of amides is 1. The van der Waals surface area contributed by atoms with Gasteiger partial charge >= 0.3 is 0 Å². The second-order valence-electron chi connectivity index (χ2n) is 4.08. The van der Waals surface area contributed by atoms with E-state index in [0.717, 1.165) is 6.42 Å². The molecule has 2 aromatic rings.